The summed E-state index contributed by atoms with van der Waals surface area (Å²) in [5.74, 6) is -0.0572. The van der Waals surface area contributed by atoms with Crippen LogP contribution < -0.4 is 5.73 Å². The maximum Gasteiger partial charge on any atom is 0.416 e. The van der Waals surface area contributed by atoms with E-state index in [4.69, 9.17) is 5.73 Å². The van der Waals surface area contributed by atoms with Crippen LogP contribution in [0.2, 0.25) is 0 Å². The van der Waals surface area contributed by atoms with E-state index < -0.39 is 6.09 Å². The number of nitrogens with zero attached hydrogens (tertiary/aromatic N) is 3. The number of rotatable bonds is 3. The normalized spacial score (nSPS) is 15.2. The highest BCUT2D eigenvalue weighted by Crippen LogP contribution is 2.14. The molecule has 1 aromatic rings. The molecule has 2 heterocycles. The fourth-order valence-corrected chi connectivity index (χ4v) is 1.83. The summed E-state index contributed by atoms with van der Waals surface area (Å²) in [7, 11) is 0. The van der Waals surface area contributed by atoms with Gasteiger partial charge >= 0.3 is 6.09 Å². The van der Waals surface area contributed by atoms with Crippen LogP contribution in [0.4, 0.5) is 10.7 Å². The Kier molecular flexibility index (Phi) is 2.95. The molecule has 1 aromatic heterocycles. The highest BCUT2D eigenvalue weighted by atomic mass is 32.2. The molecule has 1 aliphatic heterocycles. The first-order chi connectivity index (χ1) is 7.66. The lowest BCUT2D eigenvalue weighted by atomic mass is 10.5. The molecule has 0 atom stereocenters. The number of nitrogen functional groups attached to an aromatic ring is 1. The molecule has 1 aliphatic rings. The van der Waals surface area contributed by atoms with Crippen molar-refractivity contribution in [3.63, 3.8) is 0 Å². The van der Waals surface area contributed by atoms with Crippen LogP contribution in [-0.2, 0) is 9.53 Å². The van der Waals surface area contributed by atoms with Gasteiger partial charge in [0.15, 0.2) is 0 Å². The number of aromatic nitrogens is 3. The molecule has 2 rings (SSSR count). The predicted octanol–water partition coefficient (Wildman–Crippen LogP) is -0.542. The first-order valence-electron chi connectivity index (χ1n) is 4.44. The summed E-state index contributed by atoms with van der Waals surface area (Å²) in [5.41, 5.74) is 5.32. The number of imide groups is 1. The smallest absolute Gasteiger partial charge is 0.416 e. The molecular weight excluding hydrogens is 234 g/mol. The first kappa shape index (κ1) is 10.7. The Labute approximate surface area is 94.5 Å². The molecule has 0 radical (unpaired) electrons. The van der Waals surface area contributed by atoms with Crippen molar-refractivity contribution in [3.8, 4) is 0 Å². The van der Waals surface area contributed by atoms with Crippen LogP contribution >= 0.6 is 11.8 Å². The van der Waals surface area contributed by atoms with E-state index in [1.807, 2.05) is 0 Å². The zero-order valence-electron chi connectivity index (χ0n) is 8.17. The zero-order valence-corrected chi connectivity index (χ0v) is 8.99. The summed E-state index contributed by atoms with van der Waals surface area (Å²) < 4.78 is 4.64. The van der Waals surface area contributed by atoms with Gasteiger partial charge in [-0.1, -0.05) is 11.8 Å². The van der Waals surface area contributed by atoms with Crippen molar-refractivity contribution in [1.82, 2.24) is 20.1 Å². The highest BCUT2D eigenvalue weighted by molar-refractivity contribution is 7.99. The van der Waals surface area contributed by atoms with E-state index in [0.29, 0.717) is 11.7 Å². The number of ether oxygens (including phenoxy) is 1. The van der Waals surface area contributed by atoms with Crippen molar-refractivity contribution in [2.75, 3.05) is 24.6 Å². The van der Waals surface area contributed by atoms with Crippen molar-refractivity contribution in [1.29, 1.82) is 0 Å². The van der Waals surface area contributed by atoms with Crippen LogP contribution in [0.1, 0.15) is 0 Å². The lowest BCUT2D eigenvalue weighted by Crippen LogP contribution is -2.33. The van der Waals surface area contributed by atoms with Crippen molar-refractivity contribution in [2.45, 2.75) is 5.16 Å². The average Bonchev–Trinajstić information content (AvgIpc) is 2.84. The molecule has 86 valence electrons. The van der Waals surface area contributed by atoms with E-state index in [-0.39, 0.29) is 24.2 Å². The van der Waals surface area contributed by atoms with Crippen molar-refractivity contribution in [3.05, 3.63) is 0 Å². The topological polar surface area (TPSA) is 114 Å². The summed E-state index contributed by atoms with van der Waals surface area (Å²) in [6.07, 6.45) is -0.597. The second-order valence-corrected chi connectivity index (χ2v) is 3.89. The van der Waals surface area contributed by atoms with Crippen LogP contribution in [0.5, 0.6) is 0 Å². The molecule has 0 bridgehead atoms. The molecular formula is C7H9N5O3S. The summed E-state index contributed by atoms with van der Waals surface area (Å²) >= 11 is 1.11. The molecule has 8 nitrogen and oxygen atoms in total. The minimum atomic E-state index is -0.597. The van der Waals surface area contributed by atoms with Crippen molar-refractivity contribution < 1.29 is 14.3 Å². The number of thioether (sulfide) groups is 1. The van der Waals surface area contributed by atoms with Gasteiger partial charge in [0.05, 0.1) is 12.3 Å². The molecule has 3 N–H and O–H groups in total. The number of hydrogen-bond donors (Lipinski definition) is 2. The van der Waals surface area contributed by atoms with Crippen molar-refractivity contribution in [2.24, 2.45) is 0 Å². The fraction of sp³-hybridized carbons (Fsp3) is 0.429. The van der Waals surface area contributed by atoms with Gasteiger partial charge in [-0.05, 0) is 0 Å². The number of cyclic esters (lactones) is 1. The third kappa shape index (κ3) is 2.24. The number of carbonyl (C=O) groups is 2. The van der Waals surface area contributed by atoms with Gasteiger partial charge in [-0.25, -0.2) is 14.8 Å². The Balaban J connectivity index is 1.86. The molecule has 0 spiro atoms. The van der Waals surface area contributed by atoms with Crippen LogP contribution in [0.25, 0.3) is 0 Å². The van der Waals surface area contributed by atoms with Crippen LogP contribution in [-0.4, -0.2) is 51.0 Å². The minimum Gasteiger partial charge on any atom is -0.447 e. The van der Waals surface area contributed by atoms with Gasteiger partial charge < -0.3 is 10.5 Å². The molecule has 0 aliphatic carbocycles. The van der Waals surface area contributed by atoms with Crippen LogP contribution in [0.15, 0.2) is 5.16 Å². The monoisotopic (exact) mass is 243 g/mol. The average molecular weight is 243 g/mol. The number of anilines is 1. The lowest BCUT2D eigenvalue weighted by Gasteiger charge is -2.08. The Morgan fingerprint density at radius 3 is 3.06 bits per heavy atom. The Bertz CT molecular complexity index is 420. The minimum absolute atomic E-state index is 0.0758. The summed E-state index contributed by atoms with van der Waals surface area (Å²) in [5, 5.41) is 6.57. The van der Waals surface area contributed by atoms with E-state index in [1.165, 1.54) is 0 Å². The largest absolute Gasteiger partial charge is 0.447 e. The number of H-pyrrole nitrogens is 1. The standard InChI is InChI=1S/C7H9N5O3S/c8-5-9-6(11-10-5)16-3-4(13)12-1-2-15-7(12)14/h1-3H2,(H3,8,9,10,11). The van der Waals surface area contributed by atoms with Gasteiger partial charge in [0.1, 0.15) is 6.61 Å². The summed E-state index contributed by atoms with van der Waals surface area (Å²) in [4.78, 5) is 27.5. The lowest BCUT2D eigenvalue weighted by molar-refractivity contribution is -0.125. The number of nitrogens with two attached hydrogens (primary N) is 1. The number of nitrogens with one attached hydrogen (secondary N) is 1. The second kappa shape index (κ2) is 4.39. The maximum atomic E-state index is 11.5. The molecule has 1 fully saturated rings. The van der Waals surface area contributed by atoms with E-state index >= 15 is 0 Å². The number of hydrogen-bond acceptors (Lipinski definition) is 7. The number of carbonyl (C=O) groups excluding carboxylic acids is 2. The maximum absolute atomic E-state index is 11.5. The Hall–Kier alpha value is -1.77. The van der Waals surface area contributed by atoms with Crippen LogP contribution in [0, 0.1) is 0 Å². The third-order valence-electron chi connectivity index (χ3n) is 1.87. The quantitative estimate of drug-likeness (QED) is 0.685. The number of amides is 2. The highest BCUT2D eigenvalue weighted by Gasteiger charge is 2.28. The van der Waals surface area contributed by atoms with Gasteiger partial charge in [0.2, 0.25) is 17.0 Å². The van der Waals surface area contributed by atoms with Crippen molar-refractivity contribution >= 4 is 29.7 Å². The summed E-state index contributed by atoms with van der Waals surface area (Å²) in [6, 6.07) is 0. The van der Waals surface area contributed by atoms with Gasteiger partial charge in [-0.15, -0.1) is 5.10 Å². The third-order valence-corrected chi connectivity index (χ3v) is 2.70. The molecule has 9 heteroatoms. The SMILES string of the molecule is Nc1nc(SCC(=O)N2CCOC2=O)n[nH]1. The van der Waals surface area contributed by atoms with E-state index in [9.17, 15) is 9.59 Å². The molecule has 0 unspecified atom stereocenters. The molecule has 0 aromatic carbocycles. The van der Waals surface area contributed by atoms with Gasteiger partial charge in [0.25, 0.3) is 0 Å². The first-order valence-corrected chi connectivity index (χ1v) is 5.43. The van der Waals surface area contributed by atoms with E-state index in [1.54, 1.807) is 0 Å². The predicted molar refractivity (Wildman–Crippen MR) is 54.6 cm³/mol. The molecule has 2 amide bonds. The summed E-state index contributed by atoms with van der Waals surface area (Å²) in [6.45, 7) is 0.553. The molecule has 0 saturated carbocycles. The molecule has 16 heavy (non-hydrogen) atoms. The fourth-order valence-electron chi connectivity index (χ4n) is 1.15. The molecule has 1 saturated heterocycles. The number of aromatic amines is 1. The van der Waals surface area contributed by atoms with Gasteiger partial charge in [0, 0.05) is 0 Å². The zero-order chi connectivity index (χ0) is 11.5. The van der Waals surface area contributed by atoms with Gasteiger partial charge in [-0.2, -0.15) is 4.98 Å². The second-order valence-electron chi connectivity index (χ2n) is 2.95. The van der Waals surface area contributed by atoms with E-state index in [2.05, 4.69) is 19.9 Å². The Morgan fingerprint density at radius 2 is 2.50 bits per heavy atom. The van der Waals surface area contributed by atoms with E-state index in [0.717, 1.165) is 16.7 Å². The Morgan fingerprint density at radius 1 is 1.69 bits per heavy atom. The van der Waals surface area contributed by atoms with Crippen LogP contribution in [0.3, 0.4) is 0 Å². The van der Waals surface area contributed by atoms with Gasteiger partial charge in [-0.3, -0.25) is 4.79 Å².